The van der Waals surface area contributed by atoms with Crippen molar-refractivity contribution in [1.29, 1.82) is 0 Å². The Kier molecular flexibility index (Phi) is 5.37. The van der Waals surface area contributed by atoms with Crippen LogP contribution in [-0.4, -0.2) is 66.8 Å². The van der Waals surface area contributed by atoms with Gasteiger partial charge in [0.25, 0.3) is 0 Å². The third-order valence-corrected chi connectivity index (χ3v) is 4.82. The Labute approximate surface area is 143 Å². The summed E-state index contributed by atoms with van der Waals surface area (Å²) < 4.78 is 5.07. The predicted octanol–water partition coefficient (Wildman–Crippen LogP) is 1.99. The summed E-state index contributed by atoms with van der Waals surface area (Å²) in [5.41, 5.74) is 0. The lowest BCUT2D eigenvalue weighted by Crippen LogP contribution is -2.49. The molecule has 2 aliphatic rings. The zero-order valence-corrected chi connectivity index (χ0v) is 14.6. The highest BCUT2D eigenvalue weighted by molar-refractivity contribution is 5.68. The van der Waals surface area contributed by atoms with Gasteiger partial charge < -0.3 is 19.4 Å². The Balaban J connectivity index is 1.60. The van der Waals surface area contributed by atoms with Crippen LogP contribution < -0.4 is 9.80 Å². The number of carbonyl (C=O) groups excluding carboxylic acids is 1. The van der Waals surface area contributed by atoms with Crippen molar-refractivity contribution >= 4 is 17.9 Å². The molecule has 7 nitrogen and oxygen atoms in total. The standard InChI is InChI=1S/C17H27N5O2/c1-3-24-17(23)22-12-10-20(11-13-22)15-4-7-18-16(19-15)21-8-5-14(2)6-9-21/h4,7,14H,3,5-6,8-13H2,1-2H3. The maximum absolute atomic E-state index is 11.8. The fraction of sp³-hybridized carbons (Fsp3) is 0.706. The molecule has 3 rings (SSSR count). The molecule has 24 heavy (non-hydrogen) atoms. The molecule has 0 radical (unpaired) electrons. The maximum Gasteiger partial charge on any atom is 0.409 e. The first-order valence-electron chi connectivity index (χ1n) is 8.92. The van der Waals surface area contributed by atoms with Crippen LogP contribution in [0, 0.1) is 5.92 Å². The van der Waals surface area contributed by atoms with Crippen molar-refractivity contribution in [3.05, 3.63) is 12.3 Å². The number of amides is 1. The minimum atomic E-state index is -0.219. The molecule has 0 aliphatic carbocycles. The highest BCUT2D eigenvalue weighted by atomic mass is 16.6. The first-order chi connectivity index (χ1) is 11.7. The lowest BCUT2D eigenvalue weighted by atomic mass is 10.00. The molecule has 1 aromatic heterocycles. The summed E-state index contributed by atoms with van der Waals surface area (Å²) in [6.45, 7) is 9.48. The van der Waals surface area contributed by atoms with E-state index < -0.39 is 0 Å². The summed E-state index contributed by atoms with van der Waals surface area (Å²) in [6, 6.07) is 1.95. The highest BCUT2D eigenvalue weighted by Gasteiger charge is 2.24. The molecular weight excluding hydrogens is 306 g/mol. The molecule has 0 N–H and O–H groups in total. The molecule has 0 saturated carbocycles. The second-order valence-electron chi connectivity index (χ2n) is 6.56. The van der Waals surface area contributed by atoms with Crippen molar-refractivity contribution in [3.8, 4) is 0 Å². The molecule has 7 heteroatoms. The fourth-order valence-electron chi connectivity index (χ4n) is 3.21. The van der Waals surface area contributed by atoms with Crippen LogP contribution in [0.25, 0.3) is 0 Å². The third-order valence-electron chi connectivity index (χ3n) is 4.82. The quantitative estimate of drug-likeness (QED) is 0.843. The molecule has 0 aromatic carbocycles. The number of nitrogens with zero attached hydrogens (tertiary/aromatic N) is 5. The van der Waals surface area contributed by atoms with E-state index in [1.54, 1.807) is 4.90 Å². The zero-order valence-electron chi connectivity index (χ0n) is 14.6. The van der Waals surface area contributed by atoms with Gasteiger partial charge in [0.1, 0.15) is 5.82 Å². The lowest BCUT2D eigenvalue weighted by Gasteiger charge is -2.35. The summed E-state index contributed by atoms with van der Waals surface area (Å²) >= 11 is 0. The van der Waals surface area contributed by atoms with Crippen LogP contribution in [0.5, 0.6) is 0 Å². The zero-order chi connectivity index (χ0) is 16.9. The molecule has 2 saturated heterocycles. The number of hydrogen-bond acceptors (Lipinski definition) is 6. The Morgan fingerprint density at radius 3 is 2.54 bits per heavy atom. The number of aromatic nitrogens is 2. The van der Waals surface area contributed by atoms with E-state index >= 15 is 0 Å². The second-order valence-corrected chi connectivity index (χ2v) is 6.56. The highest BCUT2D eigenvalue weighted by Crippen LogP contribution is 2.22. The molecule has 0 bridgehead atoms. The van der Waals surface area contributed by atoms with Crippen LogP contribution >= 0.6 is 0 Å². The van der Waals surface area contributed by atoms with Crippen molar-refractivity contribution in [1.82, 2.24) is 14.9 Å². The van der Waals surface area contributed by atoms with Gasteiger partial charge in [-0.05, 0) is 31.7 Å². The van der Waals surface area contributed by atoms with Gasteiger partial charge in [-0.3, -0.25) is 0 Å². The van der Waals surface area contributed by atoms with E-state index in [1.165, 1.54) is 12.8 Å². The number of hydrogen-bond donors (Lipinski definition) is 0. The van der Waals surface area contributed by atoms with Crippen molar-refractivity contribution in [2.24, 2.45) is 5.92 Å². The van der Waals surface area contributed by atoms with Gasteiger partial charge >= 0.3 is 6.09 Å². The summed E-state index contributed by atoms with van der Waals surface area (Å²) in [5, 5.41) is 0. The third kappa shape index (κ3) is 3.88. The molecule has 132 valence electrons. The van der Waals surface area contributed by atoms with Gasteiger partial charge in [0, 0.05) is 45.5 Å². The largest absolute Gasteiger partial charge is 0.450 e. The summed E-state index contributed by atoms with van der Waals surface area (Å²) in [5.74, 6) is 2.56. The molecule has 1 amide bonds. The van der Waals surface area contributed by atoms with Crippen LogP contribution in [0.1, 0.15) is 26.7 Å². The molecule has 0 unspecified atom stereocenters. The molecule has 1 aromatic rings. The van der Waals surface area contributed by atoms with Crippen LogP contribution in [0.15, 0.2) is 12.3 Å². The minimum absolute atomic E-state index is 0.219. The molecule has 0 atom stereocenters. The summed E-state index contributed by atoms with van der Waals surface area (Å²) in [7, 11) is 0. The van der Waals surface area contributed by atoms with E-state index in [-0.39, 0.29) is 6.09 Å². The SMILES string of the molecule is CCOC(=O)N1CCN(c2ccnc(N3CCC(C)CC3)n2)CC1. The van der Waals surface area contributed by atoms with Crippen molar-refractivity contribution in [3.63, 3.8) is 0 Å². The van der Waals surface area contributed by atoms with Crippen molar-refractivity contribution < 1.29 is 9.53 Å². The number of carbonyl (C=O) groups is 1. The van der Waals surface area contributed by atoms with E-state index in [2.05, 4.69) is 21.7 Å². The van der Waals surface area contributed by atoms with Crippen molar-refractivity contribution in [2.45, 2.75) is 26.7 Å². The second kappa shape index (κ2) is 7.68. The molecule has 0 spiro atoms. The van der Waals surface area contributed by atoms with E-state index in [0.717, 1.165) is 43.9 Å². The van der Waals surface area contributed by atoms with Crippen LogP contribution in [-0.2, 0) is 4.74 Å². The Morgan fingerprint density at radius 2 is 1.88 bits per heavy atom. The Hall–Kier alpha value is -2.05. The van der Waals surface area contributed by atoms with Crippen molar-refractivity contribution in [2.75, 3.05) is 55.7 Å². The van der Waals surface area contributed by atoms with E-state index in [9.17, 15) is 4.79 Å². The first kappa shape index (κ1) is 16.8. The number of piperazine rings is 1. The van der Waals surface area contributed by atoms with Gasteiger partial charge in [-0.1, -0.05) is 6.92 Å². The summed E-state index contributed by atoms with van der Waals surface area (Å²) in [4.78, 5) is 27.2. The average molecular weight is 333 g/mol. The van der Waals surface area contributed by atoms with Gasteiger partial charge in [0.05, 0.1) is 6.61 Å². The predicted molar refractivity (Wildman–Crippen MR) is 93.5 cm³/mol. The van der Waals surface area contributed by atoms with E-state index in [1.807, 2.05) is 19.2 Å². The Morgan fingerprint density at radius 1 is 1.17 bits per heavy atom. The average Bonchev–Trinajstić information content (AvgIpc) is 2.63. The molecular formula is C17H27N5O2. The monoisotopic (exact) mass is 333 g/mol. The van der Waals surface area contributed by atoms with Gasteiger partial charge in [-0.15, -0.1) is 0 Å². The van der Waals surface area contributed by atoms with Crippen LogP contribution in [0.4, 0.5) is 16.6 Å². The minimum Gasteiger partial charge on any atom is -0.450 e. The molecule has 2 aliphatic heterocycles. The maximum atomic E-state index is 11.8. The summed E-state index contributed by atoms with van der Waals surface area (Å²) in [6.07, 6.45) is 4.02. The number of ether oxygens (including phenoxy) is 1. The molecule has 2 fully saturated rings. The van der Waals surface area contributed by atoms with Crippen LogP contribution in [0.3, 0.4) is 0 Å². The Bertz CT molecular complexity index is 552. The number of piperidine rings is 1. The topological polar surface area (TPSA) is 61.8 Å². The number of rotatable bonds is 3. The number of anilines is 2. The first-order valence-corrected chi connectivity index (χ1v) is 8.92. The van der Waals surface area contributed by atoms with Gasteiger partial charge in [-0.25, -0.2) is 9.78 Å². The lowest BCUT2D eigenvalue weighted by molar-refractivity contribution is 0.105. The van der Waals surface area contributed by atoms with Gasteiger partial charge in [0.2, 0.25) is 5.95 Å². The van der Waals surface area contributed by atoms with E-state index in [0.29, 0.717) is 19.7 Å². The fourth-order valence-corrected chi connectivity index (χ4v) is 3.21. The van der Waals surface area contributed by atoms with Crippen LogP contribution in [0.2, 0.25) is 0 Å². The smallest absolute Gasteiger partial charge is 0.409 e. The molecule has 3 heterocycles. The van der Waals surface area contributed by atoms with Gasteiger partial charge in [0.15, 0.2) is 0 Å². The normalized spacial score (nSPS) is 19.5. The van der Waals surface area contributed by atoms with Gasteiger partial charge in [-0.2, -0.15) is 4.98 Å². The van der Waals surface area contributed by atoms with E-state index in [4.69, 9.17) is 9.72 Å².